The minimum Gasteiger partial charge on any atom is -0.497 e. The molecule has 0 saturated carbocycles. The number of benzene rings is 1. The summed E-state index contributed by atoms with van der Waals surface area (Å²) in [6.45, 7) is 5.39. The molecular weight excluding hydrogens is 454 g/mol. The molecule has 0 radical (unpaired) electrons. The Morgan fingerprint density at radius 3 is 2.47 bits per heavy atom. The third kappa shape index (κ3) is 4.60. The minimum atomic E-state index is -3.59. The van der Waals surface area contributed by atoms with Crippen LogP contribution in [0, 0.1) is 0 Å². The molecule has 8 nitrogen and oxygen atoms in total. The fourth-order valence-electron chi connectivity index (χ4n) is 3.89. The largest absolute Gasteiger partial charge is 0.497 e. The van der Waals surface area contributed by atoms with E-state index < -0.39 is 9.84 Å². The van der Waals surface area contributed by atoms with Crippen LogP contribution in [0.25, 0.3) is 0 Å². The van der Waals surface area contributed by atoms with Gasteiger partial charge in [-0.15, -0.1) is 0 Å². The minimum absolute atomic E-state index is 0.0119. The van der Waals surface area contributed by atoms with Crippen LogP contribution in [-0.2, 0) is 14.6 Å². The van der Waals surface area contributed by atoms with E-state index in [0.29, 0.717) is 62.4 Å². The lowest BCUT2D eigenvalue weighted by Crippen LogP contribution is -2.39. The first-order chi connectivity index (χ1) is 15.4. The standard InChI is InChI=1S/C22H28ClN3O5S/c1-3-4-9-25-12-15-32(27,28)20-18(23)21(26-10-13-30-14-11-26)24-22(19(20)25)31-17-7-5-16(29-2)6-8-17/h5-8H,3-4,9-15H2,1-2H3. The molecule has 1 fully saturated rings. The molecular formula is C22H28ClN3O5S. The quantitative estimate of drug-likeness (QED) is 0.591. The molecule has 32 heavy (non-hydrogen) atoms. The predicted molar refractivity (Wildman–Crippen MR) is 125 cm³/mol. The van der Waals surface area contributed by atoms with Crippen LogP contribution < -0.4 is 19.3 Å². The molecule has 4 rings (SSSR count). The van der Waals surface area contributed by atoms with Crippen molar-refractivity contribution in [2.45, 2.75) is 24.7 Å². The van der Waals surface area contributed by atoms with Gasteiger partial charge in [0, 0.05) is 26.2 Å². The highest BCUT2D eigenvalue weighted by Crippen LogP contribution is 2.47. The van der Waals surface area contributed by atoms with Gasteiger partial charge in [0.25, 0.3) is 0 Å². The Bertz CT molecular complexity index is 1060. The molecule has 0 bridgehead atoms. The number of sulfone groups is 1. The number of rotatable bonds is 7. The van der Waals surface area contributed by atoms with E-state index in [0.717, 1.165) is 12.8 Å². The first kappa shape index (κ1) is 22.9. The Kier molecular flexibility index (Phi) is 6.97. The third-order valence-corrected chi connectivity index (χ3v) is 7.85. The smallest absolute Gasteiger partial charge is 0.246 e. The number of aromatic nitrogens is 1. The average molecular weight is 482 g/mol. The fraction of sp³-hybridized carbons (Fsp3) is 0.500. The zero-order valence-electron chi connectivity index (χ0n) is 18.3. The van der Waals surface area contributed by atoms with E-state index in [1.807, 2.05) is 9.80 Å². The number of hydrogen-bond donors (Lipinski definition) is 0. The summed E-state index contributed by atoms with van der Waals surface area (Å²) < 4.78 is 43.2. The van der Waals surface area contributed by atoms with E-state index in [2.05, 4.69) is 6.92 Å². The van der Waals surface area contributed by atoms with Crippen molar-refractivity contribution in [3.05, 3.63) is 29.3 Å². The molecule has 3 heterocycles. The Hall–Kier alpha value is -2.23. The maximum absolute atomic E-state index is 13.2. The highest BCUT2D eigenvalue weighted by atomic mass is 35.5. The number of ether oxygens (including phenoxy) is 3. The summed E-state index contributed by atoms with van der Waals surface area (Å²) in [5.74, 6) is 1.91. The molecule has 0 unspecified atom stereocenters. The number of morpholine rings is 1. The van der Waals surface area contributed by atoms with E-state index in [1.165, 1.54) is 0 Å². The molecule has 0 N–H and O–H groups in total. The summed E-state index contributed by atoms with van der Waals surface area (Å²) in [5.41, 5.74) is 0.447. The zero-order chi connectivity index (χ0) is 22.7. The summed E-state index contributed by atoms with van der Waals surface area (Å²) in [7, 11) is -1.99. The van der Waals surface area contributed by atoms with E-state index in [4.69, 9.17) is 30.8 Å². The van der Waals surface area contributed by atoms with Crippen LogP contribution in [0.2, 0.25) is 5.02 Å². The molecule has 2 aliphatic rings. The van der Waals surface area contributed by atoms with Gasteiger partial charge >= 0.3 is 0 Å². The van der Waals surface area contributed by atoms with E-state index in [-0.39, 0.29) is 21.6 Å². The second-order valence-corrected chi connectivity index (χ2v) is 10.2. The number of pyridine rings is 1. The van der Waals surface area contributed by atoms with Gasteiger partial charge in [0.2, 0.25) is 5.88 Å². The summed E-state index contributed by atoms with van der Waals surface area (Å²) in [4.78, 5) is 8.84. The van der Waals surface area contributed by atoms with E-state index >= 15 is 0 Å². The van der Waals surface area contributed by atoms with Crippen LogP contribution >= 0.6 is 11.6 Å². The Balaban J connectivity index is 1.86. The first-order valence-electron chi connectivity index (χ1n) is 10.8. The number of anilines is 2. The SMILES string of the molecule is CCCCN1CCS(=O)(=O)c2c(Cl)c(N3CCOCC3)nc(Oc3ccc(OC)cc3)c21. The molecule has 0 aliphatic carbocycles. The van der Waals surface area contributed by atoms with Crippen molar-refractivity contribution in [3.8, 4) is 17.4 Å². The van der Waals surface area contributed by atoms with E-state index in [9.17, 15) is 8.42 Å². The maximum atomic E-state index is 13.2. The molecule has 1 aromatic heterocycles. The molecule has 174 valence electrons. The van der Waals surface area contributed by atoms with Crippen molar-refractivity contribution < 1.29 is 22.6 Å². The van der Waals surface area contributed by atoms with Gasteiger partial charge in [-0.2, -0.15) is 4.98 Å². The molecule has 0 amide bonds. The molecule has 1 aromatic carbocycles. The fourth-order valence-corrected chi connectivity index (χ4v) is 6.04. The average Bonchev–Trinajstić information content (AvgIpc) is 2.81. The lowest BCUT2D eigenvalue weighted by molar-refractivity contribution is 0.122. The Labute approximate surface area is 193 Å². The van der Waals surface area contributed by atoms with Crippen LogP contribution in [0.5, 0.6) is 17.4 Å². The van der Waals surface area contributed by atoms with Gasteiger partial charge < -0.3 is 24.0 Å². The maximum Gasteiger partial charge on any atom is 0.246 e. The number of hydrogen-bond acceptors (Lipinski definition) is 8. The van der Waals surface area contributed by atoms with Crippen LogP contribution in [0.15, 0.2) is 29.2 Å². The normalized spacial score (nSPS) is 17.7. The highest BCUT2D eigenvalue weighted by molar-refractivity contribution is 7.91. The van der Waals surface area contributed by atoms with Crippen LogP contribution in [0.3, 0.4) is 0 Å². The van der Waals surface area contributed by atoms with Crippen molar-refractivity contribution in [1.29, 1.82) is 0 Å². The molecule has 2 aliphatic heterocycles. The van der Waals surface area contributed by atoms with Crippen molar-refractivity contribution in [2.75, 3.05) is 62.1 Å². The van der Waals surface area contributed by atoms with Crippen LogP contribution in [0.4, 0.5) is 11.5 Å². The van der Waals surface area contributed by atoms with Gasteiger partial charge in [0.15, 0.2) is 15.7 Å². The summed E-state index contributed by atoms with van der Waals surface area (Å²) in [6.07, 6.45) is 1.91. The number of unbranched alkanes of at least 4 members (excludes halogenated alkanes) is 1. The van der Waals surface area contributed by atoms with Gasteiger partial charge in [-0.25, -0.2) is 8.42 Å². The summed E-state index contributed by atoms with van der Waals surface area (Å²) >= 11 is 6.74. The number of fused-ring (bicyclic) bond motifs is 1. The van der Waals surface area contributed by atoms with Crippen molar-refractivity contribution in [3.63, 3.8) is 0 Å². The van der Waals surface area contributed by atoms with Crippen LogP contribution in [0.1, 0.15) is 19.8 Å². The molecule has 10 heteroatoms. The van der Waals surface area contributed by atoms with Crippen molar-refractivity contribution >= 4 is 32.9 Å². The predicted octanol–water partition coefficient (Wildman–Crippen LogP) is 3.77. The van der Waals surface area contributed by atoms with Gasteiger partial charge in [-0.05, 0) is 30.7 Å². The second kappa shape index (κ2) is 9.72. The first-order valence-corrected chi connectivity index (χ1v) is 12.8. The molecule has 2 aromatic rings. The number of methoxy groups -OCH3 is 1. The molecule has 0 atom stereocenters. The summed E-state index contributed by atoms with van der Waals surface area (Å²) in [6, 6.07) is 7.10. The number of nitrogens with zero attached hydrogens (tertiary/aromatic N) is 3. The monoisotopic (exact) mass is 481 g/mol. The molecule has 1 saturated heterocycles. The number of halogens is 1. The van der Waals surface area contributed by atoms with Crippen LogP contribution in [-0.4, -0.2) is 65.7 Å². The lowest BCUT2D eigenvalue weighted by Gasteiger charge is -2.35. The highest BCUT2D eigenvalue weighted by Gasteiger charge is 2.37. The van der Waals surface area contributed by atoms with Gasteiger partial charge in [0.1, 0.15) is 27.1 Å². The zero-order valence-corrected chi connectivity index (χ0v) is 19.9. The third-order valence-electron chi connectivity index (χ3n) is 5.64. The van der Waals surface area contributed by atoms with Gasteiger partial charge in [-0.3, -0.25) is 0 Å². The van der Waals surface area contributed by atoms with Crippen molar-refractivity contribution in [2.24, 2.45) is 0 Å². The summed E-state index contributed by atoms with van der Waals surface area (Å²) in [5, 5.41) is 0.158. The van der Waals surface area contributed by atoms with Gasteiger partial charge in [-0.1, -0.05) is 24.9 Å². The Morgan fingerprint density at radius 2 is 1.81 bits per heavy atom. The van der Waals surface area contributed by atoms with Gasteiger partial charge in [0.05, 0.1) is 26.1 Å². The lowest BCUT2D eigenvalue weighted by atomic mass is 10.2. The van der Waals surface area contributed by atoms with E-state index in [1.54, 1.807) is 31.4 Å². The molecule has 0 spiro atoms. The topological polar surface area (TPSA) is 81.2 Å². The van der Waals surface area contributed by atoms with Crippen molar-refractivity contribution in [1.82, 2.24) is 4.98 Å². The Morgan fingerprint density at radius 1 is 1.12 bits per heavy atom. The second-order valence-electron chi connectivity index (χ2n) is 7.77.